The lowest BCUT2D eigenvalue weighted by Gasteiger charge is -2.71. The van der Waals surface area contributed by atoms with Crippen molar-refractivity contribution in [2.75, 3.05) is 33.0 Å². The highest BCUT2D eigenvalue weighted by Crippen LogP contribution is 2.76. The van der Waals surface area contributed by atoms with Crippen LogP contribution in [0.15, 0.2) is 11.6 Å². The summed E-state index contributed by atoms with van der Waals surface area (Å²) in [5, 5.41) is 171. The predicted molar refractivity (Wildman–Crippen MR) is 289 cm³/mol. The molecule has 0 aromatic carbocycles. The van der Waals surface area contributed by atoms with Crippen LogP contribution < -0.4 is 0 Å². The fraction of sp³-hybridized carbons (Fsp3) is 0.949. The maximum atomic E-state index is 15.2. The molecule has 5 aliphatic carbocycles. The molecule has 0 aromatic heterocycles. The van der Waals surface area contributed by atoms with Gasteiger partial charge in [-0.2, -0.15) is 0 Å². The predicted octanol–water partition coefficient (Wildman–Crippen LogP) is -3.57. The average Bonchev–Trinajstić information content (AvgIpc) is 0.685. The SMILES string of the molecule is CC1(C)CC[C@]2(C(=O)O[C@H]3O[C@H](CO[C@@H]4O[C@H](CO)[C@@H](O)[C@H](O)[C@H]4O)[C@@H](O)[C@H](O)[C@H]3O)CC[C@]3(C)C(=CC[C@@H]4[C@@]5(C)CC[C@H](O[C@@H]6OC[C@H](O)[C@H](O[C@@H]7O[C@H](CO)[C@@H](O)[C@H](O)[C@H]7O)[C@H]6O[C@H]6O[C@H](CO)[C@@H](O)[C@H](O)[C@H]6O)C(C)(C)[C@@H]5CC[C@]43C)[C@@H]2C1. The number of hydrogen-bond acceptors (Lipinski definition) is 27. The first-order chi connectivity index (χ1) is 40.3. The van der Waals surface area contributed by atoms with E-state index in [4.69, 9.17) is 47.4 Å². The fourth-order valence-electron chi connectivity index (χ4n) is 17.6. The van der Waals surface area contributed by atoms with Crippen LogP contribution in [0.4, 0.5) is 0 Å². The van der Waals surface area contributed by atoms with Crippen LogP contribution in [0.25, 0.3) is 0 Å². The molecular formula is C59H96O27. The number of rotatable bonds is 14. The van der Waals surface area contributed by atoms with Gasteiger partial charge in [-0.15, -0.1) is 0 Å². The Bertz CT molecular complexity index is 2380. The third kappa shape index (κ3) is 11.3. The molecule has 9 fully saturated rings. The quantitative estimate of drug-likeness (QED) is 0.0454. The maximum Gasteiger partial charge on any atom is 0.315 e. The van der Waals surface area contributed by atoms with Gasteiger partial charge in [0.05, 0.1) is 44.6 Å². The van der Waals surface area contributed by atoms with E-state index in [-0.39, 0.29) is 39.4 Å². The van der Waals surface area contributed by atoms with Crippen LogP contribution in [-0.4, -0.2) is 274 Å². The molecule has 0 amide bonds. The molecule has 0 unspecified atom stereocenters. The molecule has 5 saturated heterocycles. The zero-order valence-corrected chi connectivity index (χ0v) is 50.0. The lowest BCUT2D eigenvalue weighted by atomic mass is 9.33. The Morgan fingerprint density at radius 1 is 0.523 bits per heavy atom. The minimum absolute atomic E-state index is 0.0547. The van der Waals surface area contributed by atoms with E-state index in [0.29, 0.717) is 51.4 Å². The van der Waals surface area contributed by atoms with Gasteiger partial charge in [-0.1, -0.05) is 60.1 Å². The molecule has 16 N–H and O–H groups in total. The van der Waals surface area contributed by atoms with E-state index in [2.05, 4.69) is 54.5 Å². The van der Waals surface area contributed by atoms with E-state index in [0.717, 1.165) is 12.8 Å². The van der Waals surface area contributed by atoms with Crippen molar-refractivity contribution in [1.29, 1.82) is 0 Å². The molecule has 10 aliphatic rings. The number of aliphatic hydroxyl groups is 16. The van der Waals surface area contributed by atoms with Gasteiger partial charge in [0.25, 0.3) is 0 Å². The first-order valence-electron chi connectivity index (χ1n) is 30.7. The van der Waals surface area contributed by atoms with E-state index in [1.54, 1.807) is 0 Å². The highest BCUT2D eigenvalue weighted by Gasteiger charge is 2.70. The maximum absolute atomic E-state index is 15.2. The largest absolute Gasteiger partial charge is 0.432 e. The Morgan fingerprint density at radius 3 is 1.59 bits per heavy atom. The molecule has 4 saturated carbocycles. The van der Waals surface area contributed by atoms with Gasteiger partial charge in [0.2, 0.25) is 6.29 Å². The Morgan fingerprint density at radius 2 is 1.02 bits per heavy atom. The molecule has 5 heterocycles. The average molecular weight is 1240 g/mol. The monoisotopic (exact) mass is 1240 g/mol. The molecule has 0 radical (unpaired) electrons. The lowest BCUT2D eigenvalue weighted by molar-refractivity contribution is -0.389. The molecule has 27 nitrogen and oxygen atoms in total. The number of esters is 1. The highest BCUT2D eigenvalue weighted by molar-refractivity contribution is 5.79. The number of ether oxygens (including phenoxy) is 10. The van der Waals surface area contributed by atoms with Crippen LogP contribution in [0.1, 0.15) is 113 Å². The fourth-order valence-corrected chi connectivity index (χ4v) is 17.6. The lowest BCUT2D eigenvalue weighted by Crippen LogP contribution is -2.67. The summed E-state index contributed by atoms with van der Waals surface area (Å²) in [6, 6.07) is 0. The molecule has 0 bridgehead atoms. The van der Waals surface area contributed by atoms with E-state index in [1.165, 1.54) is 5.57 Å². The molecule has 86 heavy (non-hydrogen) atoms. The number of carbonyl (C=O) groups is 1. The molecule has 5 aliphatic heterocycles. The first-order valence-corrected chi connectivity index (χ1v) is 30.7. The molecule has 494 valence electrons. The van der Waals surface area contributed by atoms with E-state index in [1.807, 2.05) is 0 Å². The van der Waals surface area contributed by atoms with Gasteiger partial charge < -0.3 is 129 Å². The standard InChI is InChI=1S/C59H96O27/c1-54(2)14-16-59(53(76)86-51-45(75)41(71)37(67)30(82-51)23-78-48-42(72)38(68)34(64)27(19-60)79-48)17-15-57(6)24(25(59)18-54)8-9-32-56(5)12-11-33(55(3,4)31(56)10-13-58(32,57)7)83-52-47(85-50-44(74)40(70)36(66)29(21-62)81-50)46(26(63)22-77-52)84-49-43(73)39(69)35(65)28(20-61)80-49/h8,25-52,60-75H,9-23H2,1-7H3/t25-,26-,27+,28+,29+,30+,31-,32+,33-,34+,35+,36+,37+,38-,39-,40-,41-,42+,43+,44+,45+,46-,47+,48+,49-,50+,51+,52-,56-,57+,58+,59-/m0/s1. The van der Waals surface area contributed by atoms with Crippen LogP contribution in [0.3, 0.4) is 0 Å². The molecule has 0 aromatic rings. The summed E-state index contributed by atoms with van der Waals surface area (Å²) in [6.45, 7) is 12.5. The smallest absolute Gasteiger partial charge is 0.315 e. The first kappa shape index (κ1) is 67.1. The van der Waals surface area contributed by atoms with Crippen LogP contribution in [0.5, 0.6) is 0 Å². The van der Waals surface area contributed by atoms with Gasteiger partial charge in [0.15, 0.2) is 25.2 Å². The van der Waals surface area contributed by atoms with Crippen molar-refractivity contribution in [3.05, 3.63) is 11.6 Å². The topological polar surface area (TPSA) is 433 Å². The van der Waals surface area contributed by atoms with Crippen molar-refractivity contribution < 1.29 is 134 Å². The van der Waals surface area contributed by atoms with Crippen LogP contribution in [-0.2, 0) is 52.2 Å². The van der Waals surface area contributed by atoms with E-state index in [9.17, 15) is 81.7 Å². The third-order valence-electron chi connectivity index (χ3n) is 23.1. The molecule has 27 heteroatoms. The zero-order chi connectivity index (χ0) is 62.7. The van der Waals surface area contributed by atoms with Gasteiger partial charge >= 0.3 is 5.97 Å². The van der Waals surface area contributed by atoms with Crippen molar-refractivity contribution in [2.24, 2.45) is 50.2 Å². The van der Waals surface area contributed by atoms with Crippen molar-refractivity contribution in [2.45, 2.75) is 266 Å². The summed E-state index contributed by atoms with van der Waals surface area (Å²) in [7, 11) is 0. The second kappa shape index (κ2) is 24.9. The number of fused-ring (bicyclic) bond motifs is 7. The van der Waals surface area contributed by atoms with E-state index < -0.39 is 203 Å². The zero-order valence-electron chi connectivity index (χ0n) is 50.0. The second-order valence-electron chi connectivity index (χ2n) is 28.7. The van der Waals surface area contributed by atoms with Crippen molar-refractivity contribution >= 4 is 5.97 Å². The summed E-state index contributed by atoms with van der Waals surface area (Å²) < 4.78 is 60.3. The number of hydrogen-bond donors (Lipinski definition) is 16. The summed E-state index contributed by atoms with van der Waals surface area (Å²) >= 11 is 0. The van der Waals surface area contributed by atoms with Crippen LogP contribution in [0, 0.1) is 50.2 Å². The number of allylic oxidation sites excluding steroid dienone is 2. The van der Waals surface area contributed by atoms with Gasteiger partial charge in [-0.25, -0.2) is 0 Å². The van der Waals surface area contributed by atoms with Crippen molar-refractivity contribution in [1.82, 2.24) is 0 Å². The summed E-state index contributed by atoms with van der Waals surface area (Å²) in [4.78, 5) is 15.2. The Kier molecular flexibility index (Phi) is 19.4. The number of aliphatic hydroxyl groups excluding tert-OH is 16. The normalized spacial score (nSPS) is 53.6. The third-order valence-corrected chi connectivity index (χ3v) is 23.1. The molecular weight excluding hydrogens is 1140 g/mol. The Balaban J connectivity index is 0.877. The number of carbonyl (C=O) groups excluding carboxylic acids is 1. The summed E-state index contributed by atoms with van der Waals surface area (Å²) in [6.07, 6.45) is -31.7. The van der Waals surface area contributed by atoms with Crippen LogP contribution >= 0.6 is 0 Å². The molecule has 32 atom stereocenters. The Hall–Kier alpha value is -1.79. The second-order valence-corrected chi connectivity index (χ2v) is 28.7. The highest BCUT2D eigenvalue weighted by atomic mass is 16.8. The Labute approximate surface area is 499 Å². The summed E-state index contributed by atoms with van der Waals surface area (Å²) in [5.41, 5.74) is -1.54. The van der Waals surface area contributed by atoms with Gasteiger partial charge in [0.1, 0.15) is 116 Å². The van der Waals surface area contributed by atoms with Gasteiger partial charge in [-0.3, -0.25) is 4.79 Å². The molecule has 0 spiro atoms. The van der Waals surface area contributed by atoms with Crippen molar-refractivity contribution in [3.63, 3.8) is 0 Å². The minimum atomic E-state index is -1.90. The van der Waals surface area contributed by atoms with Gasteiger partial charge in [0, 0.05) is 0 Å². The van der Waals surface area contributed by atoms with E-state index >= 15 is 4.79 Å². The molecule has 10 rings (SSSR count). The summed E-state index contributed by atoms with van der Waals surface area (Å²) in [5.74, 6) is -0.670. The minimum Gasteiger partial charge on any atom is -0.432 e. The van der Waals surface area contributed by atoms with Crippen molar-refractivity contribution in [3.8, 4) is 0 Å². The van der Waals surface area contributed by atoms with Crippen LogP contribution in [0.2, 0.25) is 0 Å². The van der Waals surface area contributed by atoms with Gasteiger partial charge in [-0.05, 0) is 109 Å².